The molecule has 2 atom stereocenters. The predicted octanol–water partition coefficient (Wildman–Crippen LogP) is 4.71. The lowest BCUT2D eigenvalue weighted by Gasteiger charge is -2.25. The molecule has 5 nitrogen and oxygen atoms in total. The third-order valence-electron chi connectivity index (χ3n) is 6.48. The summed E-state index contributed by atoms with van der Waals surface area (Å²) in [5, 5.41) is 13.8. The molecule has 0 bridgehead atoms. The molecule has 1 aliphatic carbocycles. The van der Waals surface area contributed by atoms with Gasteiger partial charge in [-0.15, -0.1) is 10.2 Å². The van der Waals surface area contributed by atoms with Gasteiger partial charge >= 0.3 is 0 Å². The summed E-state index contributed by atoms with van der Waals surface area (Å²) in [5.74, 6) is 2.44. The molecule has 3 aromatic rings. The third kappa shape index (κ3) is 3.88. The Bertz CT molecular complexity index is 1000. The van der Waals surface area contributed by atoms with Crippen molar-refractivity contribution in [2.24, 2.45) is 17.3 Å². The molecule has 1 aliphatic heterocycles. The molecule has 2 fully saturated rings. The van der Waals surface area contributed by atoms with Gasteiger partial charge in [0.1, 0.15) is 5.82 Å². The topological polar surface area (TPSA) is 56.8 Å². The van der Waals surface area contributed by atoms with Crippen LogP contribution >= 0.6 is 0 Å². The van der Waals surface area contributed by atoms with E-state index >= 15 is 0 Å². The Hall–Kier alpha value is -2.40. The van der Waals surface area contributed by atoms with Crippen molar-refractivity contribution in [3.05, 3.63) is 42.1 Å². The second-order valence-corrected chi connectivity index (χ2v) is 10.1. The van der Waals surface area contributed by atoms with Crippen LogP contribution in [0.5, 0.6) is 0 Å². The zero-order valence-corrected chi connectivity index (χ0v) is 17.9. The number of likely N-dealkylation sites (tertiary alicyclic amines) is 1. The molecular formula is C24H31N5. The lowest BCUT2D eigenvalue weighted by molar-refractivity contribution is 0.245. The number of rotatable bonds is 5. The maximum atomic E-state index is 4.48. The van der Waals surface area contributed by atoms with Gasteiger partial charge in [0.2, 0.25) is 0 Å². The van der Waals surface area contributed by atoms with E-state index in [0.717, 1.165) is 34.4 Å². The van der Waals surface area contributed by atoms with E-state index in [4.69, 9.17) is 0 Å². The number of aryl methyl sites for hydroxylation is 1. The molecule has 2 unspecified atom stereocenters. The quantitative estimate of drug-likeness (QED) is 0.663. The van der Waals surface area contributed by atoms with Crippen molar-refractivity contribution in [2.45, 2.75) is 40.2 Å². The van der Waals surface area contributed by atoms with Gasteiger partial charge < -0.3 is 15.2 Å². The van der Waals surface area contributed by atoms with Gasteiger partial charge in [0, 0.05) is 41.3 Å². The highest BCUT2D eigenvalue weighted by molar-refractivity contribution is 5.85. The first-order chi connectivity index (χ1) is 13.9. The Morgan fingerprint density at radius 1 is 1.07 bits per heavy atom. The molecule has 5 heteroatoms. The number of nitrogens with zero attached hydrogens (tertiary/aromatic N) is 3. The number of benzene rings is 1. The van der Waals surface area contributed by atoms with Crippen LogP contribution < -0.4 is 5.32 Å². The molecule has 1 aromatic carbocycles. The highest BCUT2D eigenvalue weighted by atomic mass is 15.2. The maximum absolute atomic E-state index is 4.48. The number of H-pyrrole nitrogens is 1. The zero-order valence-electron chi connectivity index (χ0n) is 17.9. The first-order valence-corrected chi connectivity index (χ1v) is 10.8. The molecule has 2 aromatic heterocycles. The summed E-state index contributed by atoms with van der Waals surface area (Å²) in [5.41, 5.74) is 4.78. The van der Waals surface area contributed by atoms with Crippen LogP contribution in [0.3, 0.4) is 0 Å². The zero-order chi connectivity index (χ0) is 20.2. The second-order valence-electron chi connectivity index (χ2n) is 10.1. The number of aromatic amines is 1. The van der Waals surface area contributed by atoms with Crippen LogP contribution in [0, 0.1) is 24.2 Å². The van der Waals surface area contributed by atoms with E-state index in [1.54, 1.807) is 0 Å². The van der Waals surface area contributed by atoms with Crippen LogP contribution in [0.25, 0.3) is 22.2 Å². The van der Waals surface area contributed by atoms with Gasteiger partial charge in [-0.2, -0.15) is 0 Å². The normalized spacial score (nSPS) is 24.1. The fourth-order valence-electron chi connectivity index (χ4n) is 4.67. The number of fused-ring (bicyclic) bond motifs is 2. The fourth-order valence-corrected chi connectivity index (χ4v) is 4.67. The summed E-state index contributed by atoms with van der Waals surface area (Å²) in [6.45, 7) is 12.7. The molecule has 5 rings (SSSR count). The lowest BCUT2D eigenvalue weighted by Crippen LogP contribution is -2.30. The Kier molecular flexibility index (Phi) is 4.39. The van der Waals surface area contributed by atoms with E-state index in [1.165, 1.54) is 37.1 Å². The smallest absolute Gasteiger partial charge is 0.148 e. The van der Waals surface area contributed by atoms with Crippen molar-refractivity contribution in [3.8, 4) is 11.3 Å². The van der Waals surface area contributed by atoms with Gasteiger partial charge in [0.15, 0.2) is 0 Å². The molecular weight excluding hydrogens is 358 g/mol. The van der Waals surface area contributed by atoms with E-state index in [0.29, 0.717) is 11.5 Å². The number of anilines is 1. The fraction of sp³-hybridized carbons (Fsp3) is 0.500. The van der Waals surface area contributed by atoms with Crippen LogP contribution in [0.15, 0.2) is 36.4 Å². The largest absolute Gasteiger partial charge is 0.365 e. The number of aromatic nitrogens is 3. The Balaban J connectivity index is 1.18. The summed E-state index contributed by atoms with van der Waals surface area (Å²) >= 11 is 0. The number of hydrogen-bond acceptors (Lipinski definition) is 4. The van der Waals surface area contributed by atoms with E-state index in [1.807, 2.05) is 0 Å². The summed E-state index contributed by atoms with van der Waals surface area (Å²) in [7, 11) is 0. The standard InChI is InChI=1S/C24H31N5/c1-15-11-17-12-16(5-6-20(17)25-15)21-7-8-22(28-27-21)26-23-18-13-29(14-19(18)23)10-9-24(2,3)4/h5-8,11-12,18-19,23,25H,9-10,13-14H2,1-4H3,(H,26,28). The Morgan fingerprint density at radius 2 is 1.86 bits per heavy atom. The van der Waals surface area contributed by atoms with E-state index < -0.39 is 0 Å². The Labute approximate surface area is 172 Å². The monoisotopic (exact) mass is 389 g/mol. The van der Waals surface area contributed by atoms with Gasteiger partial charge in [0.25, 0.3) is 0 Å². The lowest BCUT2D eigenvalue weighted by atomic mass is 9.92. The summed E-state index contributed by atoms with van der Waals surface area (Å²) in [4.78, 5) is 5.99. The van der Waals surface area contributed by atoms with E-state index in [-0.39, 0.29) is 0 Å². The van der Waals surface area contributed by atoms with Crippen molar-refractivity contribution in [1.82, 2.24) is 20.1 Å². The molecule has 0 radical (unpaired) electrons. The molecule has 0 spiro atoms. The van der Waals surface area contributed by atoms with Crippen LogP contribution in [0.4, 0.5) is 5.82 Å². The SMILES string of the molecule is Cc1cc2cc(-c3ccc(NC4C5CN(CCC(C)(C)C)CC54)nn3)ccc2[nH]1. The minimum Gasteiger partial charge on any atom is -0.365 e. The van der Waals surface area contributed by atoms with E-state index in [2.05, 4.69) is 89.5 Å². The maximum Gasteiger partial charge on any atom is 0.148 e. The Morgan fingerprint density at radius 3 is 2.55 bits per heavy atom. The van der Waals surface area contributed by atoms with Crippen molar-refractivity contribution in [2.75, 3.05) is 25.0 Å². The average molecular weight is 390 g/mol. The summed E-state index contributed by atoms with van der Waals surface area (Å²) in [6, 6.07) is 13.3. The second kappa shape index (κ2) is 6.84. The molecule has 0 amide bonds. The van der Waals surface area contributed by atoms with Gasteiger partial charge in [-0.3, -0.25) is 0 Å². The van der Waals surface area contributed by atoms with Gasteiger partial charge in [-0.25, -0.2) is 0 Å². The first-order valence-electron chi connectivity index (χ1n) is 10.8. The van der Waals surface area contributed by atoms with Crippen molar-refractivity contribution >= 4 is 16.7 Å². The van der Waals surface area contributed by atoms with Gasteiger partial charge in [0.05, 0.1) is 5.69 Å². The summed E-state index contributed by atoms with van der Waals surface area (Å²) < 4.78 is 0. The first kappa shape index (κ1) is 18.6. The van der Waals surface area contributed by atoms with Crippen LogP contribution in [0.1, 0.15) is 32.9 Å². The molecule has 2 N–H and O–H groups in total. The van der Waals surface area contributed by atoms with Crippen LogP contribution in [-0.2, 0) is 0 Å². The van der Waals surface area contributed by atoms with Crippen LogP contribution in [0.2, 0.25) is 0 Å². The van der Waals surface area contributed by atoms with Crippen molar-refractivity contribution in [1.29, 1.82) is 0 Å². The van der Waals surface area contributed by atoms with Crippen molar-refractivity contribution < 1.29 is 0 Å². The number of nitrogens with one attached hydrogen (secondary N) is 2. The van der Waals surface area contributed by atoms with Gasteiger partial charge in [-0.1, -0.05) is 26.8 Å². The minimum atomic E-state index is 0.423. The van der Waals surface area contributed by atoms with Gasteiger partial charge in [-0.05, 0) is 67.5 Å². The minimum absolute atomic E-state index is 0.423. The highest BCUT2D eigenvalue weighted by Crippen LogP contribution is 2.47. The average Bonchev–Trinajstić information content (AvgIpc) is 3.02. The molecule has 2 aliphatic rings. The molecule has 29 heavy (non-hydrogen) atoms. The van der Waals surface area contributed by atoms with Crippen molar-refractivity contribution in [3.63, 3.8) is 0 Å². The number of piperidine rings is 1. The summed E-state index contributed by atoms with van der Waals surface area (Å²) in [6.07, 6.45) is 1.27. The molecule has 3 heterocycles. The predicted molar refractivity (Wildman–Crippen MR) is 119 cm³/mol. The van der Waals surface area contributed by atoms with Crippen LogP contribution in [-0.4, -0.2) is 45.8 Å². The molecule has 1 saturated heterocycles. The van der Waals surface area contributed by atoms with E-state index in [9.17, 15) is 0 Å². The third-order valence-corrected chi connectivity index (χ3v) is 6.48. The highest BCUT2D eigenvalue weighted by Gasteiger charge is 2.55. The molecule has 1 saturated carbocycles. The number of hydrogen-bond donors (Lipinski definition) is 2. The molecule has 152 valence electrons.